The SMILES string of the molecule is COc1ccc(NC(=O)C(c2ccccc2C)N(CCO)C(=O)C(CC(C)C)NC(=O)OC(C)(C)C)cc1. The zero-order valence-corrected chi connectivity index (χ0v) is 23.4. The summed E-state index contributed by atoms with van der Waals surface area (Å²) in [4.78, 5) is 41.7. The molecule has 3 amide bonds. The number of benzene rings is 2. The molecule has 0 aromatic heterocycles. The van der Waals surface area contributed by atoms with E-state index in [-0.39, 0.29) is 19.1 Å². The molecule has 2 unspecified atom stereocenters. The topological polar surface area (TPSA) is 117 Å². The predicted molar refractivity (Wildman–Crippen MR) is 147 cm³/mol. The number of alkyl carbamates (subject to hydrolysis) is 1. The summed E-state index contributed by atoms with van der Waals surface area (Å²) >= 11 is 0. The lowest BCUT2D eigenvalue weighted by atomic mass is 9.96. The number of ether oxygens (including phenoxy) is 2. The zero-order valence-electron chi connectivity index (χ0n) is 23.4. The Kier molecular flexibility index (Phi) is 11.1. The van der Waals surface area contributed by atoms with E-state index in [4.69, 9.17) is 9.47 Å². The molecule has 0 aliphatic carbocycles. The van der Waals surface area contributed by atoms with Gasteiger partial charge < -0.3 is 30.1 Å². The van der Waals surface area contributed by atoms with Crippen molar-refractivity contribution in [3.8, 4) is 5.75 Å². The van der Waals surface area contributed by atoms with Gasteiger partial charge in [-0.3, -0.25) is 9.59 Å². The van der Waals surface area contributed by atoms with Gasteiger partial charge in [0.25, 0.3) is 5.91 Å². The van der Waals surface area contributed by atoms with Gasteiger partial charge in [-0.15, -0.1) is 0 Å². The van der Waals surface area contributed by atoms with Crippen LogP contribution in [0.15, 0.2) is 48.5 Å². The molecule has 0 bridgehead atoms. The summed E-state index contributed by atoms with van der Waals surface area (Å²) in [7, 11) is 1.55. The highest BCUT2D eigenvalue weighted by molar-refractivity contribution is 5.99. The molecule has 3 N–H and O–H groups in total. The highest BCUT2D eigenvalue weighted by atomic mass is 16.6. The van der Waals surface area contributed by atoms with Crippen LogP contribution in [0.5, 0.6) is 5.75 Å². The molecule has 2 aromatic rings. The smallest absolute Gasteiger partial charge is 0.408 e. The number of hydrogen-bond acceptors (Lipinski definition) is 6. The van der Waals surface area contributed by atoms with Gasteiger partial charge in [-0.05, 0) is 75.4 Å². The van der Waals surface area contributed by atoms with E-state index in [0.29, 0.717) is 23.4 Å². The first-order valence-electron chi connectivity index (χ1n) is 12.8. The second kappa shape index (κ2) is 13.8. The Morgan fingerprint density at radius 3 is 2.18 bits per heavy atom. The Bertz CT molecular complexity index is 1080. The third-order valence-electron chi connectivity index (χ3n) is 5.72. The van der Waals surface area contributed by atoms with Crippen molar-refractivity contribution in [3.05, 3.63) is 59.7 Å². The van der Waals surface area contributed by atoms with Gasteiger partial charge in [0.15, 0.2) is 0 Å². The molecule has 2 aromatic carbocycles. The van der Waals surface area contributed by atoms with Gasteiger partial charge in [-0.25, -0.2) is 4.79 Å². The lowest BCUT2D eigenvalue weighted by Gasteiger charge is -2.35. The summed E-state index contributed by atoms with van der Waals surface area (Å²) in [5.41, 5.74) is 1.19. The van der Waals surface area contributed by atoms with Crippen LogP contribution in [0.3, 0.4) is 0 Å². The summed E-state index contributed by atoms with van der Waals surface area (Å²) in [5, 5.41) is 15.5. The van der Waals surface area contributed by atoms with Crippen LogP contribution in [0.2, 0.25) is 0 Å². The Labute approximate surface area is 225 Å². The van der Waals surface area contributed by atoms with Crippen molar-refractivity contribution in [2.75, 3.05) is 25.6 Å². The number of aliphatic hydroxyl groups is 1. The number of nitrogens with zero attached hydrogens (tertiary/aromatic N) is 1. The lowest BCUT2D eigenvalue weighted by molar-refractivity contribution is -0.141. The minimum Gasteiger partial charge on any atom is -0.497 e. The molecule has 9 heteroatoms. The van der Waals surface area contributed by atoms with Crippen molar-refractivity contribution in [1.82, 2.24) is 10.2 Å². The molecule has 208 valence electrons. The van der Waals surface area contributed by atoms with E-state index in [1.807, 2.05) is 32.9 Å². The van der Waals surface area contributed by atoms with Crippen LogP contribution in [-0.4, -0.2) is 59.8 Å². The molecule has 0 fully saturated rings. The van der Waals surface area contributed by atoms with E-state index in [1.165, 1.54) is 4.90 Å². The molecule has 2 rings (SSSR count). The first-order chi connectivity index (χ1) is 17.9. The van der Waals surface area contributed by atoms with Crippen LogP contribution < -0.4 is 15.4 Å². The molecule has 0 spiro atoms. The van der Waals surface area contributed by atoms with Gasteiger partial charge in [0.05, 0.1) is 13.7 Å². The van der Waals surface area contributed by atoms with Crippen LogP contribution in [0, 0.1) is 12.8 Å². The van der Waals surface area contributed by atoms with Crippen LogP contribution in [0.1, 0.15) is 58.2 Å². The molecule has 0 radical (unpaired) electrons. The molecule has 2 atom stereocenters. The zero-order chi connectivity index (χ0) is 28.5. The Morgan fingerprint density at radius 1 is 1.03 bits per heavy atom. The van der Waals surface area contributed by atoms with E-state index >= 15 is 0 Å². The predicted octanol–water partition coefficient (Wildman–Crippen LogP) is 4.44. The summed E-state index contributed by atoms with van der Waals surface area (Å²) < 4.78 is 10.6. The number of anilines is 1. The number of rotatable bonds is 11. The Hall–Kier alpha value is -3.59. The number of amides is 3. The summed E-state index contributed by atoms with van der Waals surface area (Å²) in [6.45, 7) is 10.5. The standard InChI is InChI=1S/C29H41N3O6/c1-19(2)18-24(31-28(36)38-29(4,5)6)27(35)32(16-17-33)25(23-11-9-8-10-20(23)3)26(34)30-21-12-14-22(37-7)15-13-21/h8-15,19,24-25,33H,16-18H2,1-7H3,(H,30,34)(H,31,36). The second-order valence-corrected chi connectivity index (χ2v) is 10.6. The van der Waals surface area contributed by atoms with E-state index in [1.54, 1.807) is 64.3 Å². The minimum absolute atomic E-state index is 0.0555. The van der Waals surface area contributed by atoms with E-state index in [0.717, 1.165) is 5.56 Å². The molecule has 9 nitrogen and oxygen atoms in total. The van der Waals surface area contributed by atoms with Gasteiger partial charge in [0.2, 0.25) is 5.91 Å². The van der Waals surface area contributed by atoms with Crippen molar-refractivity contribution in [2.24, 2.45) is 5.92 Å². The van der Waals surface area contributed by atoms with E-state index in [2.05, 4.69) is 10.6 Å². The maximum absolute atomic E-state index is 14.0. The first kappa shape index (κ1) is 30.6. The first-order valence-corrected chi connectivity index (χ1v) is 12.8. The lowest BCUT2D eigenvalue weighted by Crippen LogP contribution is -2.53. The van der Waals surface area contributed by atoms with Gasteiger partial charge in [0.1, 0.15) is 23.4 Å². The highest BCUT2D eigenvalue weighted by Crippen LogP contribution is 2.28. The monoisotopic (exact) mass is 527 g/mol. The quantitative estimate of drug-likeness (QED) is 0.398. The molecule has 0 aliphatic heterocycles. The van der Waals surface area contributed by atoms with Crippen LogP contribution in [0.25, 0.3) is 0 Å². The maximum atomic E-state index is 14.0. The summed E-state index contributed by atoms with van der Waals surface area (Å²) in [6.07, 6.45) is -0.406. The fourth-order valence-electron chi connectivity index (χ4n) is 4.05. The molecular weight excluding hydrogens is 486 g/mol. The number of carbonyl (C=O) groups excluding carboxylic acids is 3. The largest absolute Gasteiger partial charge is 0.497 e. The van der Waals surface area contributed by atoms with E-state index in [9.17, 15) is 19.5 Å². The van der Waals surface area contributed by atoms with Crippen LogP contribution in [0.4, 0.5) is 10.5 Å². The fourth-order valence-corrected chi connectivity index (χ4v) is 4.05. The van der Waals surface area contributed by atoms with Gasteiger partial charge in [-0.1, -0.05) is 38.1 Å². The number of methoxy groups -OCH3 is 1. The van der Waals surface area contributed by atoms with Crippen LogP contribution in [-0.2, 0) is 14.3 Å². The number of carbonyl (C=O) groups is 3. The van der Waals surface area contributed by atoms with E-state index < -0.39 is 35.6 Å². The maximum Gasteiger partial charge on any atom is 0.408 e. The molecule has 0 saturated heterocycles. The van der Waals surface area contributed by atoms with Crippen molar-refractivity contribution in [1.29, 1.82) is 0 Å². The van der Waals surface area contributed by atoms with Crippen molar-refractivity contribution >= 4 is 23.6 Å². The van der Waals surface area contributed by atoms with Crippen molar-refractivity contribution in [2.45, 2.75) is 65.6 Å². The highest BCUT2D eigenvalue weighted by Gasteiger charge is 2.37. The average Bonchev–Trinajstić information content (AvgIpc) is 2.83. The summed E-state index contributed by atoms with van der Waals surface area (Å²) in [5.74, 6) is -0.247. The Morgan fingerprint density at radius 2 is 1.66 bits per heavy atom. The van der Waals surface area contributed by atoms with Crippen molar-refractivity contribution in [3.63, 3.8) is 0 Å². The molecule has 0 heterocycles. The van der Waals surface area contributed by atoms with Gasteiger partial charge in [-0.2, -0.15) is 0 Å². The number of aliphatic hydroxyl groups excluding tert-OH is 1. The third kappa shape index (κ3) is 9.06. The van der Waals surface area contributed by atoms with Crippen LogP contribution >= 0.6 is 0 Å². The second-order valence-electron chi connectivity index (χ2n) is 10.6. The Balaban J connectivity index is 2.49. The summed E-state index contributed by atoms with van der Waals surface area (Å²) in [6, 6.07) is 12.1. The van der Waals surface area contributed by atoms with Crippen molar-refractivity contribution < 1.29 is 29.0 Å². The molecule has 0 saturated carbocycles. The average molecular weight is 528 g/mol. The molecular formula is C29H41N3O6. The fraction of sp³-hybridized carbons (Fsp3) is 0.483. The molecule has 38 heavy (non-hydrogen) atoms. The van der Waals surface area contributed by atoms with Gasteiger partial charge >= 0.3 is 6.09 Å². The molecule has 0 aliphatic rings. The third-order valence-corrected chi connectivity index (χ3v) is 5.72. The number of aryl methyl sites for hydroxylation is 1. The normalized spacial score (nSPS) is 12.9. The number of nitrogens with one attached hydrogen (secondary N) is 2. The number of hydrogen-bond donors (Lipinski definition) is 3. The minimum atomic E-state index is -1.06. The van der Waals surface area contributed by atoms with Gasteiger partial charge in [0, 0.05) is 12.2 Å².